The summed E-state index contributed by atoms with van der Waals surface area (Å²) < 4.78 is 0. The Balaban J connectivity index is 1.76. The van der Waals surface area contributed by atoms with Crippen molar-refractivity contribution in [1.29, 1.82) is 0 Å². The number of carbonyl (C=O) groups is 1. The summed E-state index contributed by atoms with van der Waals surface area (Å²) in [7, 11) is 0. The van der Waals surface area contributed by atoms with E-state index in [0.717, 1.165) is 17.1 Å². The molecule has 104 valence electrons. The van der Waals surface area contributed by atoms with Crippen molar-refractivity contribution in [3.05, 3.63) is 59.3 Å². The number of benzene rings is 1. The van der Waals surface area contributed by atoms with E-state index in [0.29, 0.717) is 18.7 Å². The van der Waals surface area contributed by atoms with E-state index in [9.17, 15) is 4.79 Å². The fourth-order valence-corrected chi connectivity index (χ4v) is 1.82. The predicted molar refractivity (Wildman–Crippen MR) is 81.0 cm³/mol. The average Bonchev–Trinajstić information content (AvgIpc) is 2.44. The third kappa shape index (κ3) is 4.09. The van der Waals surface area contributed by atoms with Crippen LogP contribution in [0.25, 0.3) is 0 Å². The second kappa shape index (κ2) is 6.70. The molecule has 2 aromatic rings. The molecule has 2 N–H and O–H groups in total. The van der Waals surface area contributed by atoms with E-state index in [1.807, 2.05) is 56.3 Å². The number of nitrogens with one attached hydrogen (secondary N) is 2. The Kier molecular flexibility index (Phi) is 4.71. The number of amides is 1. The number of aryl methyl sites for hydroxylation is 2. The smallest absolute Gasteiger partial charge is 0.251 e. The first kappa shape index (κ1) is 14.1. The number of aromatic nitrogens is 1. The zero-order chi connectivity index (χ0) is 14.4. The normalized spacial score (nSPS) is 10.1. The summed E-state index contributed by atoms with van der Waals surface area (Å²) in [6, 6.07) is 13.3. The molecule has 0 spiro atoms. The minimum Gasteiger partial charge on any atom is -0.368 e. The maximum absolute atomic E-state index is 11.9. The summed E-state index contributed by atoms with van der Waals surface area (Å²) in [5.74, 6) is 0.776. The van der Waals surface area contributed by atoms with Crippen LogP contribution >= 0.6 is 0 Å². The number of hydrogen-bond donors (Lipinski definition) is 2. The van der Waals surface area contributed by atoms with Gasteiger partial charge < -0.3 is 10.6 Å². The quantitative estimate of drug-likeness (QED) is 0.820. The van der Waals surface area contributed by atoms with Crippen molar-refractivity contribution in [3.8, 4) is 0 Å². The van der Waals surface area contributed by atoms with E-state index in [4.69, 9.17) is 0 Å². The van der Waals surface area contributed by atoms with Crippen molar-refractivity contribution in [2.24, 2.45) is 0 Å². The lowest BCUT2D eigenvalue weighted by atomic mass is 10.1. The number of hydrogen-bond acceptors (Lipinski definition) is 3. The van der Waals surface area contributed by atoms with Gasteiger partial charge in [-0.05, 0) is 38.1 Å². The molecule has 1 amide bonds. The van der Waals surface area contributed by atoms with Crippen molar-refractivity contribution < 1.29 is 4.79 Å². The van der Waals surface area contributed by atoms with Gasteiger partial charge in [0.25, 0.3) is 5.91 Å². The first-order chi connectivity index (χ1) is 9.65. The molecule has 0 aliphatic heterocycles. The van der Waals surface area contributed by atoms with Crippen LogP contribution in [0.3, 0.4) is 0 Å². The monoisotopic (exact) mass is 269 g/mol. The number of rotatable bonds is 5. The lowest BCUT2D eigenvalue weighted by Crippen LogP contribution is -2.28. The lowest BCUT2D eigenvalue weighted by molar-refractivity contribution is 0.0955. The summed E-state index contributed by atoms with van der Waals surface area (Å²) in [5, 5.41) is 6.05. The van der Waals surface area contributed by atoms with Crippen LogP contribution in [0.2, 0.25) is 0 Å². The zero-order valence-corrected chi connectivity index (χ0v) is 11.8. The summed E-state index contributed by atoms with van der Waals surface area (Å²) in [4.78, 5) is 16.2. The molecule has 0 atom stereocenters. The van der Waals surface area contributed by atoms with Crippen LogP contribution < -0.4 is 10.6 Å². The number of nitrogens with zero attached hydrogens (tertiary/aromatic N) is 1. The second-order valence-corrected chi connectivity index (χ2v) is 4.71. The molecule has 1 aromatic carbocycles. The molecule has 2 rings (SSSR count). The first-order valence-electron chi connectivity index (χ1n) is 6.67. The van der Waals surface area contributed by atoms with Gasteiger partial charge in [0.05, 0.1) is 0 Å². The van der Waals surface area contributed by atoms with Crippen molar-refractivity contribution in [3.63, 3.8) is 0 Å². The molecule has 0 bridgehead atoms. The van der Waals surface area contributed by atoms with E-state index in [-0.39, 0.29) is 5.91 Å². The Morgan fingerprint density at radius 3 is 2.50 bits per heavy atom. The SMILES string of the molecule is Cc1ccc(C(=O)NCCNc2cccc(C)n2)cc1. The van der Waals surface area contributed by atoms with Crippen LogP contribution in [0.4, 0.5) is 5.82 Å². The average molecular weight is 269 g/mol. The molecular formula is C16H19N3O. The fraction of sp³-hybridized carbons (Fsp3) is 0.250. The van der Waals surface area contributed by atoms with Crippen LogP contribution in [0.15, 0.2) is 42.5 Å². The van der Waals surface area contributed by atoms with Crippen LogP contribution in [-0.4, -0.2) is 24.0 Å². The first-order valence-corrected chi connectivity index (χ1v) is 6.67. The maximum Gasteiger partial charge on any atom is 0.251 e. The minimum absolute atomic E-state index is 0.0519. The topological polar surface area (TPSA) is 54.0 Å². The highest BCUT2D eigenvalue weighted by atomic mass is 16.1. The van der Waals surface area contributed by atoms with Crippen molar-refractivity contribution in [2.75, 3.05) is 18.4 Å². The molecule has 0 radical (unpaired) electrons. The van der Waals surface area contributed by atoms with E-state index >= 15 is 0 Å². The number of anilines is 1. The lowest BCUT2D eigenvalue weighted by Gasteiger charge is -2.08. The zero-order valence-electron chi connectivity index (χ0n) is 11.8. The molecule has 1 aromatic heterocycles. The summed E-state index contributed by atoms with van der Waals surface area (Å²) in [5.41, 5.74) is 2.80. The molecule has 0 aliphatic carbocycles. The Hall–Kier alpha value is -2.36. The van der Waals surface area contributed by atoms with Gasteiger partial charge in [0.2, 0.25) is 0 Å². The summed E-state index contributed by atoms with van der Waals surface area (Å²) >= 11 is 0. The van der Waals surface area contributed by atoms with Crippen LogP contribution in [0, 0.1) is 13.8 Å². The molecule has 20 heavy (non-hydrogen) atoms. The number of pyridine rings is 1. The molecule has 0 saturated heterocycles. The third-order valence-corrected chi connectivity index (χ3v) is 2.92. The molecule has 0 fully saturated rings. The van der Waals surface area contributed by atoms with Gasteiger partial charge in [-0.15, -0.1) is 0 Å². The van der Waals surface area contributed by atoms with Crippen LogP contribution in [0.5, 0.6) is 0 Å². The molecule has 4 heteroatoms. The van der Waals surface area contributed by atoms with Crippen molar-refractivity contribution >= 4 is 11.7 Å². The van der Waals surface area contributed by atoms with Gasteiger partial charge in [0, 0.05) is 24.3 Å². The van der Waals surface area contributed by atoms with Gasteiger partial charge in [-0.3, -0.25) is 4.79 Å². The van der Waals surface area contributed by atoms with Gasteiger partial charge in [0.1, 0.15) is 5.82 Å². The highest BCUT2D eigenvalue weighted by molar-refractivity contribution is 5.94. The third-order valence-electron chi connectivity index (χ3n) is 2.92. The van der Waals surface area contributed by atoms with Crippen LogP contribution in [-0.2, 0) is 0 Å². The highest BCUT2D eigenvalue weighted by Crippen LogP contribution is 2.04. The standard InChI is InChI=1S/C16H19N3O/c1-12-6-8-14(9-7-12)16(20)18-11-10-17-15-5-3-4-13(2)19-15/h3-9H,10-11H2,1-2H3,(H,17,19)(H,18,20). The second-order valence-electron chi connectivity index (χ2n) is 4.71. The Bertz CT molecular complexity index is 579. The highest BCUT2D eigenvalue weighted by Gasteiger charge is 2.03. The molecule has 1 heterocycles. The minimum atomic E-state index is -0.0519. The van der Waals surface area contributed by atoms with E-state index in [2.05, 4.69) is 15.6 Å². The van der Waals surface area contributed by atoms with E-state index < -0.39 is 0 Å². The number of carbonyl (C=O) groups excluding carboxylic acids is 1. The largest absolute Gasteiger partial charge is 0.368 e. The van der Waals surface area contributed by atoms with Gasteiger partial charge in [-0.25, -0.2) is 4.98 Å². The van der Waals surface area contributed by atoms with Gasteiger partial charge in [-0.1, -0.05) is 23.8 Å². The molecular weight excluding hydrogens is 250 g/mol. The maximum atomic E-state index is 11.9. The van der Waals surface area contributed by atoms with Gasteiger partial charge >= 0.3 is 0 Å². The molecule has 0 aliphatic rings. The fourth-order valence-electron chi connectivity index (χ4n) is 1.82. The van der Waals surface area contributed by atoms with E-state index in [1.165, 1.54) is 0 Å². The Morgan fingerprint density at radius 2 is 1.80 bits per heavy atom. The predicted octanol–water partition coefficient (Wildman–Crippen LogP) is 2.54. The van der Waals surface area contributed by atoms with Crippen LogP contribution in [0.1, 0.15) is 21.6 Å². The molecule has 0 unspecified atom stereocenters. The molecule has 4 nitrogen and oxygen atoms in total. The summed E-state index contributed by atoms with van der Waals surface area (Å²) in [6.07, 6.45) is 0. The Morgan fingerprint density at radius 1 is 1.05 bits per heavy atom. The van der Waals surface area contributed by atoms with Gasteiger partial charge in [-0.2, -0.15) is 0 Å². The van der Waals surface area contributed by atoms with Gasteiger partial charge in [0.15, 0.2) is 0 Å². The van der Waals surface area contributed by atoms with Crippen molar-refractivity contribution in [1.82, 2.24) is 10.3 Å². The summed E-state index contributed by atoms with van der Waals surface area (Å²) in [6.45, 7) is 5.15. The van der Waals surface area contributed by atoms with Crippen molar-refractivity contribution in [2.45, 2.75) is 13.8 Å². The molecule has 0 saturated carbocycles. The Labute approximate surface area is 119 Å². The van der Waals surface area contributed by atoms with E-state index in [1.54, 1.807) is 0 Å².